The van der Waals surface area contributed by atoms with Crippen molar-refractivity contribution in [3.05, 3.63) is 50.7 Å². The van der Waals surface area contributed by atoms with Crippen molar-refractivity contribution in [2.75, 3.05) is 0 Å². The summed E-state index contributed by atoms with van der Waals surface area (Å²) in [5, 5.41) is 4.24. The van der Waals surface area contributed by atoms with Gasteiger partial charge in [0.05, 0.1) is 5.92 Å². The Hall–Kier alpha value is -0.600. The molecule has 61 valence electrons. The Balaban J connectivity index is 2.27. The number of hydrogen-bond donors (Lipinski definition) is 0. The molecule has 0 nitrogen and oxygen atoms in total. The first-order chi connectivity index (χ1) is 5.88. The van der Waals surface area contributed by atoms with Crippen molar-refractivity contribution in [1.29, 1.82) is 0 Å². The molecule has 2 aromatic heterocycles. The highest BCUT2D eigenvalue weighted by atomic mass is 32.1. The van der Waals surface area contributed by atoms with Crippen LogP contribution in [0.3, 0.4) is 0 Å². The predicted octanol–water partition coefficient (Wildman–Crippen LogP) is 3.80. The van der Waals surface area contributed by atoms with Crippen LogP contribution < -0.4 is 0 Å². The highest BCUT2D eigenvalue weighted by Gasteiger charge is 2.09. The minimum atomic E-state index is 1.37. The first kappa shape index (κ1) is 8.02. The van der Waals surface area contributed by atoms with Gasteiger partial charge in [0.25, 0.3) is 0 Å². The Bertz CT molecular complexity index is 284. The summed E-state index contributed by atoms with van der Waals surface area (Å²) in [6.45, 7) is 2.18. The molecule has 0 fully saturated rings. The zero-order valence-electron chi connectivity index (χ0n) is 6.78. The molecule has 0 N–H and O–H groups in total. The fourth-order valence-electron chi connectivity index (χ4n) is 1.11. The molecule has 0 unspecified atom stereocenters. The van der Waals surface area contributed by atoms with E-state index in [0.717, 1.165) is 0 Å². The number of rotatable bonds is 2. The molecule has 0 aliphatic carbocycles. The molecule has 0 aliphatic heterocycles. The summed E-state index contributed by atoms with van der Waals surface area (Å²) < 4.78 is 0. The van der Waals surface area contributed by atoms with Crippen LogP contribution in [0.4, 0.5) is 0 Å². The van der Waals surface area contributed by atoms with E-state index in [1.807, 2.05) is 0 Å². The second-order valence-corrected chi connectivity index (χ2v) is 4.47. The van der Waals surface area contributed by atoms with Gasteiger partial charge in [-0.1, -0.05) is 12.1 Å². The molecule has 2 heteroatoms. The average molecular weight is 193 g/mol. The Morgan fingerprint density at radius 1 is 1.00 bits per heavy atom. The summed E-state index contributed by atoms with van der Waals surface area (Å²) in [5.41, 5.74) is 0. The van der Waals surface area contributed by atoms with Gasteiger partial charge >= 0.3 is 0 Å². The Labute approximate surface area is 80.5 Å². The Morgan fingerprint density at radius 3 is 1.83 bits per heavy atom. The third kappa shape index (κ3) is 1.45. The maximum Gasteiger partial charge on any atom is 0.0512 e. The van der Waals surface area contributed by atoms with Crippen LogP contribution in [0.5, 0.6) is 0 Å². The Morgan fingerprint density at radius 2 is 1.50 bits per heavy atom. The lowest BCUT2D eigenvalue weighted by Crippen LogP contribution is -1.88. The summed E-state index contributed by atoms with van der Waals surface area (Å²) in [7, 11) is 0. The molecule has 12 heavy (non-hydrogen) atoms. The zero-order chi connectivity index (χ0) is 8.39. The van der Waals surface area contributed by atoms with Gasteiger partial charge in [-0.25, -0.2) is 0 Å². The average Bonchev–Trinajstić information content (AvgIpc) is 2.77. The van der Waals surface area contributed by atoms with Crippen molar-refractivity contribution in [1.82, 2.24) is 0 Å². The molecule has 2 aromatic rings. The maximum atomic E-state index is 2.18. The first-order valence-electron chi connectivity index (χ1n) is 3.79. The van der Waals surface area contributed by atoms with Crippen LogP contribution in [0, 0.1) is 5.92 Å². The van der Waals surface area contributed by atoms with E-state index in [9.17, 15) is 0 Å². The standard InChI is InChI=1S/C10H9S2/c1-8(9-4-2-6-11-9)10-5-3-7-12-10/h2-7H,1H3. The van der Waals surface area contributed by atoms with E-state index in [1.54, 1.807) is 22.7 Å². The molecule has 0 bridgehead atoms. The van der Waals surface area contributed by atoms with Gasteiger partial charge in [0.15, 0.2) is 0 Å². The van der Waals surface area contributed by atoms with Crippen LogP contribution >= 0.6 is 22.7 Å². The van der Waals surface area contributed by atoms with Crippen molar-refractivity contribution >= 4 is 22.7 Å². The number of thiophene rings is 2. The molecule has 0 spiro atoms. The van der Waals surface area contributed by atoms with E-state index < -0.39 is 0 Å². The second kappa shape index (κ2) is 3.42. The SMILES string of the molecule is C[C](c1cccs1)c1cccs1. The molecule has 0 amide bonds. The van der Waals surface area contributed by atoms with Crippen LogP contribution in [-0.4, -0.2) is 0 Å². The first-order valence-corrected chi connectivity index (χ1v) is 5.55. The number of hydrogen-bond acceptors (Lipinski definition) is 2. The van der Waals surface area contributed by atoms with Crippen molar-refractivity contribution in [2.24, 2.45) is 0 Å². The smallest absolute Gasteiger partial charge is 0.0512 e. The largest absolute Gasteiger partial charge is 0.148 e. The zero-order valence-corrected chi connectivity index (χ0v) is 8.41. The van der Waals surface area contributed by atoms with Gasteiger partial charge in [-0.05, 0) is 29.8 Å². The molecular weight excluding hydrogens is 184 g/mol. The summed E-state index contributed by atoms with van der Waals surface area (Å²) in [4.78, 5) is 2.75. The molecule has 0 atom stereocenters. The third-order valence-corrected chi connectivity index (χ3v) is 3.76. The molecule has 0 saturated carbocycles. The van der Waals surface area contributed by atoms with E-state index in [0.29, 0.717) is 0 Å². The van der Waals surface area contributed by atoms with Gasteiger partial charge < -0.3 is 0 Å². The lowest BCUT2D eigenvalue weighted by Gasteiger charge is -2.03. The molecule has 0 saturated heterocycles. The minimum absolute atomic E-state index is 1.37. The summed E-state index contributed by atoms with van der Waals surface area (Å²) in [5.74, 6) is 1.39. The van der Waals surface area contributed by atoms with Gasteiger partial charge in [-0.2, -0.15) is 0 Å². The van der Waals surface area contributed by atoms with Gasteiger partial charge in [0.1, 0.15) is 0 Å². The molecule has 1 radical (unpaired) electrons. The fourth-order valence-corrected chi connectivity index (χ4v) is 2.67. The van der Waals surface area contributed by atoms with Gasteiger partial charge in [-0.15, -0.1) is 22.7 Å². The van der Waals surface area contributed by atoms with Crippen molar-refractivity contribution in [3.8, 4) is 0 Å². The monoisotopic (exact) mass is 193 g/mol. The molecular formula is C10H9S2. The van der Waals surface area contributed by atoms with Crippen LogP contribution in [0.15, 0.2) is 35.0 Å². The maximum absolute atomic E-state index is 2.18. The summed E-state index contributed by atoms with van der Waals surface area (Å²) >= 11 is 3.60. The molecule has 0 aliphatic rings. The topological polar surface area (TPSA) is 0 Å². The normalized spacial score (nSPS) is 10.8. The van der Waals surface area contributed by atoms with E-state index in [4.69, 9.17) is 0 Å². The third-order valence-electron chi connectivity index (χ3n) is 1.78. The lowest BCUT2D eigenvalue weighted by atomic mass is 10.1. The fraction of sp³-hybridized carbons (Fsp3) is 0.100. The van der Waals surface area contributed by atoms with Gasteiger partial charge in [0, 0.05) is 9.75 Å². The van der Waals surface area contributed by atoms with Crippen LogP contribution in [0.1, 0.15) is 16.7 Å². The van der Waals surface area contributed by atoms with Crippen LogP contribution in [0.25, 0.3) is 0 Å². The molecule has 2 heterocycles. The van der Waals surface area contributed by atoms with Gasteiger partial charge in [0.2, 0.25) is 0 Å². The predicted molar refractivity (Wildman–Crippen MR) is 55.8 cm³/mol. The molecule has 2 rings (SSSR count). The van der Waals surface area contributed by atoms with E-state index >= 15 is 0 Å². The van der Waals surface area contributed by atoms with Crippen molar-refractivity contribution in [2.45, 2.75) is 6.92 Å². The Kier molecular flexibility index (Phi) is 2.28. The van der Waals surface area contributed by atoms with Crippen molar-refractivity contribution < 1.29 is 0 Å². The highest BCUT2D eigenvalue weighted by molar-refractivity contribution is 7.12. The lowest BCUT2D eigenvalue weighted by molar-refractivity contribution is 1.28. The highest BCUT2D eigenvalue weighted by Crippen LogP contribution is 2.29. The minimum Gasteiger partial charge on any atom is -0.148 e. The van der Waals surface area contributed by atoms with E-state index in [2.05, 4.69) is 41.9 Å². The second-order valence-electron chi connectivity index (χ2n) is 2.58. The summed E-state index contributed by atoms with van der Waals surface area (Å²) in [6.07, 6.45) is 0. The quantitative estimate of drug-likeness (QED) is 0.680. The van der Waals surface area contributed by atoms with Crippen molar-refractivity contribution in [3.63, 3.8) is 0 Å². The van der Waals surface area contributed by atoms with E-state index in [1.165, 1.54) is 15.7 Å². The molecule has 0 aromatic carbocycles. The van der Waals surface area contributed by atoms with Gasteiger partial charge in [-0.3, -0.25) is 0 Å². The van der Waals surface area contributed by atoms with E-state index in [-0.39, 0.29) is 0 Å². The van der Waals surface area contributed by atoms with Crippen LogP contribution in [0.2, 0.25) is 0 Å². The van der Waals surface area contributed by atoms with Crippen LogP contribution in [-0.2, 0) is 0 Å². The summed E-state index contributed by atoms with van der Waals surface area (Å²) in [6, 6.07) is 8.52.